The van der Waals surface area contributed by atoms with Crippen LogP contribution in [0.5, 0.6) is 0 Å². The van der Waals surface area contributed by atoms with Gasteiger partial charge in [0.15, 0.2) is 0 Å². The number of hydrogen-bond acceptors (Lipinski definition) is 3. The van der Waals surface area contributed by atoms with Gasteiger partial charge in [0.05, 0.1) is 5.56 Å². The number of halogens is 2. The van der Waals surface area contributed by atoms with Crippen molar-refractivity contribution in [1.29, 1.82) is 0 Å². The summed E-state index contributed by atoms with van der Waals surface area (Å²) in [7, 11) is 0. The molecule has 0 aliphatic rings. The molecule has 2 rings (SSSR count). The fourth-order valence-corrected chi connectivity index (χ4v) is 2.30. The SMILES string of the molecule is Nc1ncc(Br)cc1C(=O)NCc1ccccc1Br. The molecule has 98 valence electrons. The minimum Gasteiger partial charge on any atom is -0.383 e. The van der Waals surface area contributed by atoms with E-state index in [0.29, 0.717) is 16.6 Å². The Labute approximate surface area is 127 Å². The molecule has 0 bridgehead atoms. The third-order valence-corrected chi connectivity index (χ3v) is 3.73. The van der Waals surface area contributed by atoms with Crippen molar-refractivity contribution in [3.05, 3.63) is 56.6 Å². The number of aromatic nitrogens is 1. The minimum absolute atomic E-state index is 0.216. The largest absolute Gasteiger partial charge is 0.383 e. The number of pyridine rings is 1. The van der Waals surface area contributed by atoms with E-state index in [0.717, 1.165) is 10.0 Å². The molecule has 1 aromatic carbocycles. The fourth-order valence-electron chi connectivity index (χ4n) is 1.54. The molecule has 4 nitrogen and oxygen atoms in total. The highest BCUT2D eigenvalue weighted by Crippen LogP contribution is 2.17. The van der Waals surface area contributed by atoms with Crippen molar-refractivity contribution < 1.29 is 4.79 Å². The summed E-state index contributed by atoms with van der Waals surface area (Å²) < 4.78 is 1.67. The highest BCUT2D eigenvalue weighted by molar-refractivity contribution is 9.10. The Bertz CT molecular complexity index is 617. The van der Waals surface area contributed by atoms with E-state index < -0.39 is 0 Å². The molecular weight excluding hydrogens is 374 g/mol. The van der Waals surface area contributed by atoms with Crippen LogP contribution in [-0.4, -0.2) is 10.9 Å². The summed E-state index contributed by atoms with van der Waals surface area (Å²) in [6.45, 7) is 0.423. The van der Waals surface area contributed by atoms with Crippen LogP contribution in [-0.2, 0) is 6.54 Å². The van der Waals surface area contributed by atoms with E-state index >= 15 is 0 Å². The Morgan fingerprint density at radius 2 is 2.05 bits per heavy atom. The summed E-state index contributed by atoms with van der Waals surface area (Å²) in [6, 6.07) is 9.36. The van der Waals surface area contributed by atoms with Gasteiger partial charge in [-0.1, -0.05) is 34.1 Å². The van der Waals surface area contributed by atoms with Crippen LogP contribution in [0.3, 0.4) is 0 Å². The minimum atomic E-state index is -0.248. The van der Waals surface area contributed by atoms with Gasteiger partial charge in [0.25, 0.3) is 5.91 Å². The van der Waals surface area contributed by atoms with Gasteiger partial charge in [-0.15, -0.1) is 0 Å². The number of hydrogen-bond donors (Lipinski definition) is 2. The molecule has 0 aliphatic carbocycles. The molecule has 0 atom stereocenters. The predicted molar refractivity (Wildman–Crippen MR) is 81.7 cm³/mol. The van der Waals surface area contributed by atoms with E-state index in [-0.39, 0.29) is 11.7 Å². The van der Waals surface area contributed by atoms with Crippen LogP contribution < -0.4 is 11.1 Å². The van der Waals surface area contributed by atoms with E-state index in [2.05, 4.69) is 42.2 Å². The molecule has 0 saturated heterocycles. The molecule has 0 aliphatic heterocycles. The number of carbonyl (C=O) groups excluding carboxylic acids is 1. The molecule has 0 unspecified atom stereocenters. The topological polar surface area (TPSA) is 68.0 Å². The van der Waals surface area contributed by atoms with Gasteiger partial charge in [0, 0.05) is 21.7 Å². The van der Waals surface area contributed by atoms with Crippen LogP contribution >= 0.6 is 31.9 Å². The maximum atomic E-state index is 12.0. The molecule has 0 spiro atoms. The Morgan fingerprint density at radius 1 is 1.32 bits per heavy atom. The maximum Gasteiger partial charge on any atom is 0.255 e. The van der Waals surface area contributed by atoms with Gasteiger partial charge in [-0.2, -0.15) is 0 Å². The number of nitrogens with zero attached hydrogens (tertiary/aromatic N) is 1. The summed E-state index contributed by atoms with van der Waals surface area (Å²) in [6.07, 6.45) is 1.56. The first-order valence-corrected chi connectivity index (χ1v) is 7.09. The Kier molecular flexibility index (Phi) is 4.55. The van der Waals surface area contributed by atoms with Crippen molar-refractivity contribution >= 4 is 43.6 Å². The zero-order chi connectivity index (χ0) is 13.8. The number of nitrogen functional groups attached to an aromatic ring is 1. The number of anilines is 1. The fraction of sp³-hybridized carbons (Fsp3) is 0.0769. The third kappa shape index (κ3) is 3.54. The third-order valence-electron chi connectivity index (χ3n) is 2.53. The van der Waals surface area contributed by atoms with Crippen LogP contribution in [0.4, 0.5) is 5.82 Å². The van der Waals surface area contributed by atoms with Crippen molar-refractivity contribution in [3.8, 4) is 0 Å². The first-order chi connectivity index (χ1) is 9.08. The second kappa shape index (κ2) is 6.16. The molecule has 3 N–H and O–H groups in total. The second-order valence-electron chi connectivity index (χ2n) is 3.86. The lowest BCUT2D eigenvalue weighted by Crippen LogP contribution is -2.24. The zero-order valence-corrected chi connectivity index (χ0v) is 13.0. The Hall–Kier alpha value is -1.40. The first-order valence-electron chi connectivity index (χ1n) is 5.50. The van der Waals surface area contributed by atoms with Crippen LogP contribution in [0.1, 0.15) is 15.9 Å². The summed E-state index contributed by atoms with van der Waals surface area (Å²) >= 11 is 6.70. The summed E-state index contributed by atoms with van der Waals surface area (Å²) in [5.74, 6) is -0.0325. The van der Waals surface area contributed by atoms with Gasteiger partial charge in [-0.05, 0) is 33.6 Å². The zero-order valence-electron chi connectivity index (χ0n) is 9.86. The maximum absolute atomic E-state index is 12.0. The van der Waals surface area contributed by atoms with Gasteiger partial charge in [-0.25, -0.2) is 4.98 Å². The van der Waals surface area contributed by atoms with Gasteiger partial charge < -0.3 is 11.1 Å². The highest BCUT2D eigenvalue weighted by atomic mass is 79.9. The summed E-state index contributed by atoms with van der Waals surface area (Å²) in [4.78, 5) is 16.0. The van der Waals surface area contributed by atoms with Gasteiger partial charge in [-0.3, -0.25) is 4.79 Å². The number of carbonyl (C=O) groups is 1. The molecular formula is C13H11Br2N3O. The van der Waals surface area contributed by atoms with Crippen molar-refractivity contribution in [2.24, 2.45) is 0 Å². The quantitative estimate of drug-likeness (QED) is 0.854. The van der Waals surface area contributed by atoms with E-state index in [4.69, 9.17) is 5.73 Å². The Balaban J connectivity index is 2.10. The normalized spacial score (nSPS) is 10.2. The molecule has 6 heteroatoms. The monoisotopic (exact) mass is 383 g/mol. The van der Waals surface area contributed by atoms with E-state index in [1.54, 1.807) is 12.3 Å². The van der Waals surface area contributed by atoms with E-state index in [9.17, 15) is 4.79 Å². The molecule has 1 aromatic heterocycles. The highest BCUT2D eigenvalue weighted by Gasteiger charge is 2.11. The molecule has 0 saturated carbocycles. The molecule has 0 radical (unpaired) electrons. The first kappa shape index (κ1) is 14.0. The van der Waals surface area contributed by atoms with E-state index in [1.807, 2.05) is 24.3 Å². The summed E-state index contributed by atoms with van der Waals surface area (Å²) in [5, 5.41) is 2.81. The number of nitrogens with two attached hydrogens (primary N) is 1. The molecule has 0 fully saturated rings. The lowest BCUT2D eigenvalue weighted by atomic mass is 10.2. The van der Waals surface area contributed by atoms with Gasteiger partial charge in [0.1, 0.15) is 5.82 Å². The van der Waals surface area contributed by atoms with Crippen molar-refractivity contribution in [1.82, 2.24) is 10.3 Å². The lowest BCUT2D eigenvalue weighted by Gasteiger charge is -2.08. The second-order valence-corrected chi connectivity index (χ2v) is 5.63. The van der Waals surface area contributed by atoms with Crippen molar-refractivity contribution in [2.45, 2.75) is 6.54 Å². The predicted octanol–water partition coefficient (Wildman–Crippen LogP) is 3.12. The Morgan fingerprint density at radius 3 is 2.79 bits per heavy atom. The standard InChI is InChI=1S/C13H11Br2N3O/c14-9-5-10(12(16)17-7-9)13(19)18-6-8-3-1-2-4-11(8)15/h1-5,7H,6H2,(H2,16,17)(H,18,19). The van der Waals surface area contributed by atoms with Crippen molar-refractivity contribution in [3.63, 3.8) is 0 Å². The van der Waals surface area contributed by atoms with Crippen LogP contribution in [0.2, 0.25) is 0 Å². The average Bonchev–Trinajstić information content (AvgIpc) is 2.40. The van der Waals surface area contributed by atoms with Crippen molar-refractivity contribution in [2.75, 3.05) is 5.73 Å². The van der Waals surface area contributed by atoms with Crippen LogP contribution in [0.25, 0.3) is 0 Å². The van der Waals surface area contributed by atoms with Gasteiger partial charge in [0.2, 0.25) is 0 Å². The smallest absolute Gasteiger partial charge is 0.255 e. The molecule has 1 amide bonds. The molecule has 2 aromatic rings. The van der Waals surface area contributed by atoms with Crippen LogP contribution in [0.15, 0.2) is 45.5 Å². The molecule has 1 heterocycles. The average molecular weight is 385 g/mol. The van der Waals surface area contributed by atoms with E-state index in [1.165, 1.54) is 0 Å². The number of amides is 1. The molecule has 19 heavy (non-hydrogen) atoms. The number of rotatable bonds is 3. The lowest BCUT2D eigenvalue weighted by molar-refractivity contribution is 0.0951. The number of benzene rings is 1. The van der Waals surface area contributed by atoms with Gasteiger partial charge >= 0.3 is 0 Å². The summed E-state index contributed by atoms with van der Waals surface area (Å²) in [5.41, 5.74) is 7.05. The van der Waals surface area contributed by atoms with Crippen LogP contribution in [0, 0.1) is 0 Å². The number of nitrogens with one attached hydrogen (secondary N) is 1.